The number of esters is 1. The van der Waals surface area contributed by atoms with Gasteiger partial charge in [-0.15, -0.1) is 11.3 Å². The number of ether oxygens (including phenoxy) is 2. The van der Waals surface area contributed by atoms with Crippen molar-refractivity contribution in [3.63, 3.8) is 0 Å². The van der Waals surface area contributed by atoms with Crippen LogP contribution in [0.1, 0.15) is 229 Å². The highest BCUT2D eigenvalue weighted by Crippen LogP contribution is 2.58. The summed E-state index contributed by atoms with van der Waals surface area (Å²) >= 11 is 1.90. The Morgan fingerprint density at radius 2 is 0.831 bits per heavy atom. The highest BCUT2D eigenvalue weighted by Gasteiger charge is 2.44. The minimum absolute atomic E-state index is 0.0229. The Kier molecular flexibility index (Phi) is 21.5. The van der Waals surface area contributed by atoms with Crippen molar-refractivity contribution >= 4 is 17.3 Å². The molecule has 3 nitrogen and oxygen atoms in total. The van der Waals surface area contributed by atoms with Gasteiger partial charge in [-0.3, -0.25) is 0 Å². The van der Waals surface area contributed by atoms with Crippen molar-refractivity contribution in [3.05, 3.63) is 149 Å². The molecule has 0 spiro atoms. The Morgan fingerprint density at radius 1 is 0.429 bits per heavy atom. The summed E-state index contributed by atoms with van der Waals surface area (Å²) in [6.45, 7) is 18.3. The van der Waals surface area contributed by atoms with Gasteiger partial charge in [0.05, 0.1) is 13.2 Å². The van der Waals surface area contributed by atoms with E-state index >= 15 is 0 Å². The van der Waals surface area contributed by atoms with Crippen molar-refractivity contribution in [2.75, 3.05) is 13.2 Å². The van der Waals surface area contributed by atoms with Crippen LogP contribution in [0.5, 0.6) is 5.75 Å². The number of carbonyl (C=O) groups excluding carboxylic acids is 1. The van der Waals surface area contributed by atoms with Crippen LogP contribution in [0, 0.1) is 6.92 Å². The van der Waals surface area contributed by atoms with E-state index < -0.39 is 0 Å². The van der Waals surface area contributed by atoms with Crippen LogP contribution in [-0.2, 0) is 20.4 Å². The largest absolute Gasteiger partial charge is 0.494 e. The first-order valence-corrected chi connectivity index (χ1v) is 31.7. The number of hydrogen-bond donors (Lipinski definition) is 0. The molecular weight excluding hydrogens is 957 g/mol. The molecule has 8 rings (SSSR count). The third kappa shape index (κ3) is 14.0. The summed E-state index contributed by atoms with van der Waals surface area (Å²) in [5.41, 5.74) is 19.3. The van der Waals surface area contributed by atoms with E-state index in [0.29, 0.717) is 12.2 Å². The molecule has 77 heavy (non-hydrogen) atoms. The van der Waals surface area contributed by atoms with Crippen molar-refractivity contribution in [2.45, 2.75) is 219 Å². The Labute approximate surface area is 470 Å². The van der Waals surface area contributed by atoms with E-state index in [1.54, 1.807) is 18.1 Å². The Bertz CT molecular complexity index is 2820. The normalized spacial score (nSPS) is 13.5. The number of benzene rings is 5. The lowest BCUT2D eigenvalue weighted by molar-refractivity contribution is -0.139. The molecular formula is C73H94O3S. The van der Waals surface area contributed by atoms with Crippen LogP contribution in [0.15, 0.2) is 121 Å². The molecule has 2 aliphatic carbocycles. The number of fused-ring (bicyclic) bond motifs is 6. The quantitative estimate of drug-likeness (QED) is 0.0229. The minimum Gasteiger partial charge on any atom is -0.494 e. The molecule has 0 unspecified atom stereocenters. The van der Waals surface area contributed by atoms with E-state index in [2.05, 4.69) is 150 Å². The number of aryl methyl sites for hydroxylation is 1. The fourth-order valence-corrected chi connectivity index (χ4v) is 14.3. The van der Waals surface area contributed by atoms with Gasteiger partial charge in [0.2, 0.25) is 0 Å². The Hall–Kier alpha value is -5.19. The SMILES string of the molecule is C=C(C)C(=O)OCCCCCCCCCCOc1ccc(-c2ccc(-c3ccc4c(c3)C(CCC)(CCC)c3cc(-c5ccc6c(c5)C(CCCCCCCC)(CCCCCCCC)c5cc(C)ccc5-6)ccc3-4)s2)cc1. The maximum absolute atomic E-state index is 11.5. The number of unbranched alkanes of at least 4 members (excludes halogenated alkanes) is 17. The average molecular weight is 1050 g/mol. The van der Waals surface area contributed by atoms with E-state index in [-0.39, 0.29) is 16.8 Å². The monoisotopic (exact) mass is 1050 g/mol. The average Bonchev–Trinajstić information content (AvgIpc) is 4.23. The second kappa shape index (κ2) is 28.6. The van der Waals surface area contributed by atoms with Crippen LogP contribution in [0.25, 0.3) is 54.3 Å². The number of hydrogen-bond acceptors (Lipinski definition) is 4. The zero-order chi connectivity index (χ0) is 54.0. The van der Waals surface area contributed by atoms with Gasteiger partial charge < -0.3 is 9.47 Å². The fraction of sp³-hybridized carbons (Fsp3) is 0.493. The summed E-state index contributed by atoms with van der Waals surface area (Å²) < 4.78 is 11.4. The first-order valence-electron chi connectivity index (χ1n) is 30.9. The molecule has 0 saturated heterocycles. The van der Waals surface area contributed by atoms with E-state index in [1.807, 2.05) is 11.3 Å². The fourth-order valence-electron chi connectivity index (χ4n) is 13.3. The predicted molar refractivity (Wildman–Crippen MR) is 332 cm³/mol. The van der Waals surface area contributed by atoms with Crippen molar-refractivity contribution < 1.29 is 14.3 Å². The Morgan fingerprint density at radius 3 is 1.34 bits per heavy atom. The third-order valence-corrected chi connectivity index (χ3v) is 18.6. The van der Waals surface area contributed by atoms with Crippen molar-refractivity contribution in [3.8, 4) is 60.0 Å². The van der Waals surface area contributed by atoms with Gasteiger partial charge >= 0.3 is 5.97 Å². The minimum atomic E-state index is -0.279. The molecule has 0 bridgehead atoms. The van der Waals surface area contributed by atoms with Gasteiger partial charge in [-0.1, -0.05) is 223 Å². The van der Waals surface area contributed by atoms with Crippen LogP contribution in [-0.4, -0.2) is 19.2 Å². The topological polar surface area (TPSA) is 35.5 Å². The van der Waals surface area contributed by atoms with E-state index in [0.717, 1.165) is 57.3 Å². The van der Waals surface area contributed by atoms with Crippen LogP contribution >= 0.6 is 11.3 Å². The molecule has 5 aromatic carbocycles. The highest BCUT2D eigenvalue weighted by atomic mass is 32.1. The first-order chi connectivity index (χ1) is 37.7. The maximum Gasteiger partial charge on any atom is 0.333 e. The summed E-state index contributed by atoms with van der Waals surface area (Å²) in [7, 11) is 0. The highest BCUT2D eigenvalue weighted by molar-refractivity contribution is 7.18. The second-order valence-corrected chi connectivity index (χ2v) is 24.4. The van der Waals surface area contributed by atoms with Gasteiger partial charge in [-0.25, -0.2) is 4.79 Å². The van der Waals surface area contributed by atoms with E-state index in [1.165, 1.54) is 193 Å². The molecule has 2 aliphatic rings. The first kappa shape index (κ1) is 58.0. The standard InChI is InChI=1S/C73H94O3S/c1-8-12-14-16-22-26-46-73(47-27-23-17-15-13-9-2)65-50-55(7)30-38-61(65)62-39-33-58(52-67(62)73)57-34-40-63-64-41-35-59(53-68(64)72(44-10-3,45-11-4)66(63)51-57)70-43-42-69(77-70)56-31-36-60(37-32-56)75-48-28-24-20-18-19-21-25-29-49-76-71(74)54(5)6/h30-43,50-53H,5,8-29,44-49H2,1-4,6-7H3. The summed E-state index contributed by atoms with van der Waals surface area (Å²) in [4.78, 5) is 14.1. The molecule has 0 N–H and O–H groups in total. The molecule has 0 aliphatic heterocycles. The molecule has 6 aromatic rings. The number of rotatable bonds is 34. The van der Waals surface area contributed by atoms with Crippen LogP contribution < -0.4 is 4.74 Å². The van der Waals surface area contributed by atoms with Crippen molar-refractivity contribution in [1.29, 1.82) is 0 Å². The lowest BCUT2D eigenvalue weighted by Crippen LogP contribution is -2.26. The number of thiophene rings is 1. The van der Waals surface area contributed by atoms with E-state index in [4.69, 9.17) is 9.47 Å². The van der Waals surface area contributed by atoms with Crippen molar-refractivity contribution in [2.24, 2.45) is 0 Å². The van der Waals surface area contributed by atoms with Gasteiger partial charge in [0.1, 0.15) is 5.75 Å². The van der Waals surface area contributed by atoms with Gasteiger partial charge in [-0.05, 0) is 174 Å². The third-order valence-electron chi connectivity index (χ3n) is 17.4. The van der Waals surface area contributed by atoms with Crippen LogP contribution in [0.3, 0.4) is 0 Å². The van der Waals surface area contributed by atoms with Crippen molar-refractivity contribution in [1.82, 2.24) is 0 Å². The molecule has 410 valence electrons. The smallest absolute Gasteiger partial charge is 0.333 e. The Balaban J connectivity index is 0.967. The number of carbonyl (C=O) groups is 1. The zero-order valence-electron chi connectivity index (χ0n) is 48.5. The lowest BCUT2D eigenvalue weighted by Gasteiger charge is -2.34. The molecule has 0 atom stereocenters. The van der Waals surface area contributed by atoms with Crippen LogP contribution in [0.4, 0.5) is 0 Å². The molecule has 0 radical (unpaired) electrons. The van der Waals surface area contributed by atoms with Gasteiger partial charge in [0, 0.05) is 26.2 Å². The molecule has 1 heterocycles. The van der Waals surface area contributed by atoms with Gasteiger partial charge in [0.15, 0.2) is 0 Å². The summed E-state index contributed by atoms with van der Waals surface area (Å²) in [6.07, 6.45) is 32.3. The van der Waals surface area contributed by atoms with Crippen LogP contribution in [0.2, 0.25) is 0 Å². The molecule has 1 aromatic heterocycles. The second-order valence-electron chi connectivity index (χ2n) is 23.3. The molecule has 4 heteroatoms. The lowest BCUT2D eigenvalue weighted by atomic mass is 9.69. The summed E-state index contributed by atoms with van der Waals surface area (Å²) in [6, 6.07) is 43.4. The van der Waals surface area contributed by atoms with Gasteiger partial charge in [0.25, 0.3) is 0 Å². The maximum atomic E-state index is 11.5. The molecule has 0 saturated carbocycles. The predicted octanol–water partition coefficient (Wildman–Crippen LogP) is 22.3. The molecule has 0 fully saturated rings. The molecule has 0 amide bonds. The zero-order valence-corrected chi connectivity index (χ0v) is 49.3. The summed E-state index contributed by atoms with van der Waals surface area (Å²) in [5.74, 6) is 0.664. The van der Waals surface area contributed by atoms with Gasteiger partial charge in [-0.2, -0.15) is 0 Å². The summed E-state index contributed by atoms with van der Waals surface area (Å²) in [5, 5.41) is 0. The van der Waals surface area contributed by atoms with E-state index in [9.17, 15) is 4.79 Å².